The summed E-state index contributed by atoms with van der Waals surface area (Å²) in [7, 11) is -3.02. The van der Waals surface area contributed by atoms with E-state index < -0.39 is 15.6 Å². The van der Waals surface area contributed by atoms with E-state index in [1.807, 2.05) is 11.8 Å². The van der Waals surface area contributed by atoms with E-state index >= 15 is 0 Å². The van der Waals surface area contributed by atoms with E-state index in [0.717, 1.165) is 0 Å². The lowest BCUT2D eigenvalue weighted by Gasteiger charge is -2.26. The second kappa shape index (κ2) is 6.61. The van der Waals surface area contributed by atoms with Gasteiger partial charge in [-0.3, -0.25) is 9.48 Å². The molecule has 0 aliphatic carbocycles. The number of hydrogen-bond acceptors (Lipinski definition) is 9. The number of nitrogens with zero attached hydrogens (tertiary/aromatic N) is 7. The second-order valence-electron chi connectivity index (χ2n) is 6.05. The molecule has 12 heteroatoms. The van der Waals surface area contributed by atoms with Crippen molar-refractivity contribution in [2.24, 2.45) is 4.36 Å². The van der Waals surface area contributed by atoms with Crippen molar-refractivity contribution in [2.75, 3.05) is 17.7 Å². The van der Waals surface area contributed by atoms with Crippen molar-refractivity contribution in [3.8, 4) is 0 Å². The number of amides is 1. The zero-order valence-electron chi connectivity index (χ0n) is 14.7. The van der Waals surface area contributed by atoms with Gasteiger partial charge in [-0.2, -0.15) is 9.46 Å². The first-order valence-electron chi connectivity index (χ1n) is 8.25. The third-order valence-electron chi connectivity index (χ3n) is 4.33. The molecule has 142 valence electrons. The van der Waals surface area contributed by atoms with Gasteiger partial charge in [-0.05, 0) is 6.42 Å². The lowest BCUT2D eigenvalue weighted by molar-refractivity contribution is 0.100. The number of fused-ring (bicyclic) bond motifs is 1. The van der Waals surface area contributed by atoms with Gasteiger partial charge in [0.25, 0.3) is 5.91 Å². The number of aromatic nitrogens is 5. The Balaban J connectivity index is 1.69. The number of hydrogen-bond donors (Lipinski definition) is 0. The van der Waals surface area contributed by atoms with Gasteiger partial charge in [-0.15, -0.1) is 5.10 Å². The van der Waals surface area contributed by atoms with Crippen molar-refractivity contribution >= 4 is 21.7 Å². The summed E-state index contributed by atoms with van der Waals surface area (Å²) in [6.07, 6.45) is 5.92. The van der Waals surface area contributed by atoms with Crippen molar-refractivity contribution < 1.29 is 17.9 Å². The van der Waals surface area contributed by atoms with Crippen molar-refractivity contribution in [1.82, 2.24) is 25.1 Å². The van der Waals surface area contributed by atoms with Crippen LogP contribution in [0, 0.1) is 0 Å². The molecule has 1 aliphatic rings. The molecule has 0 aromatic carbocycles. The number of aryl methyl sites for hydroxylation is 1. The molecule has 27 heavy (non-hydrogen) atoms. The van der Waals surface area contributed by atoms with Gasteiger partial charge < -0.3 is 13.8 Å². The van der Waals surface area contributed by atoms with Crippen molar-refractivity contribution in [2.45, 2.75) is 31.3 Å². The molecule has 1 atom stereocenters. The topological polar surface area (TPSA) is 133 Å². The molecule has 1 aliphatic heterocycles. The summed E-state index contributed by atoms with van der Waals surface area (Å²) in [5.74, 6) is -0.620. The quantitative estimate of drug-likeness (QED) is 0.642. The zero-order chi connectivity index (χ0) is 19.0. The van der Waals surface area contributed by atoms with E-state index in [1.165, 1.54) is 25.1 Å². The highest BCUT2D eigenvalue weighted by molar-refractivity contribution is 7.93. The fourth-order valence-electron chi connectivity index (χ4n) is 2.95. The van der Waals surface area contributed by atoms with Crippen LogP contribution in [0.1, 0.15) is 28.7 Å². The van der Waals surface area contributed by atoms with E-state index in [0.29, 0.717) is 48.4 Å². The van der Waals surface area contributed by atoms with E-state index in [4.69, 9.17) is 8.94 Å². The lowest BCUT2D eigenvalue weighted by Crippen LogP contribution is -2.34. The number of anilines is 1. The van der Waals surface area contributed by atoms with Gasteiger partial charge in [0.15, 0.2) is 0 Å². The molecule has 4 rings (SSSR count). The first kappa shape index (κ1) is 17.4. The smallest absolute Gasteiger partial charge is 0.318 e. The summed E-state index contributed by atoms with van der Waals surface area (Å²) in [5, 5.41) is 15.6. The molecule has 1 unspecified atom stereocenters. The first-order chi connectivity index (χ1) is 13.0. The number of carbonyl (C=O) groups excluding carboxylic acids is 1. The van der Waals surface area contributed by atoms with Crippen LogP contribution in [0.5, 0.6) is 0 Å². The van der Waals surface area contributed by atoms with Crippen molar-refractivity contribution in [3.63, 3.8) is 0 Å². The third kappa shape index (κ3) is 3.12. The van der Waals surface area contributed by atoms with Gasteiger partial charge in [0, 0.05) is 12.8 Å². The molecule has 4 heterocycles. The minimum absolute atomic E-state index is 0.223. The Bertz CT molecular complexity index is 1090. The maximum absolute atomic E-state index is 13.3. The van der Waals surface area contributed by atoms with Gasteiger partial charge in [-0.1, -0.05) is 17.2 Å². The van der Waals surface area contributed by atoms with Gasteiger partial charge in [0.05, 0.1) is 45.3 Å². The van der Waals surface area contributed by atoms with Gasteiger partial charge in [0.1, 0.15) is 11.8 Å². The molecular weight excluding hydrogens is 374 g/mol. The number of rotatable bonds is 4. The van der Waals surface area contributed by atoms with Crippen LogP contribution < -0.4 is 4.90 Å². The predicted molar refractivity (Wildman–Crippen MR) is 92.5 cm³/mol. The Morgan fingerprint density at radius 2 is 2.26 bits per heavy atom. The molecule has 0 saturated carbocycles. The Labute approximate surface area is 154 Å². The van der Waals surface area contributed by atoms with Crippen molar-refractivity contribution in [3.05, 3.63) is 35.8 Å². The summed E-state index contributed by atoms with van der Waals surface area (Å²) >= 11 is 0. The summed E-state index contributed by atoms with van der Waals surface area (Å²) in [6, 6.07) is 0.376. The van der Waals surface area contributed by atoms with Crippen LogP contribution in [-0.2, 0) is 29.2 Å². The predicted octanol–water partition coefficient (Wildman–Crippen LogP) is 1.13. The summed E-state index contributed by atoms with van der Waals surface area (Å²) in [6.45, 7) is 3.41. The molecular formula is C15H17N7O4S. The van der Waals surface area contributed by atoms with E-state index in [-0.39, 0.29) is 5.56 Å². The normalized spacial score (nSPS) is 16.0. The molecule has 0 saturated heterocycles. The van der Waals surface area contributed by atoms with Crippen LogP contribution in [0.3, 0.4) is 0 Å². The Morgan fingerprint density at radius 1 is 1.41 bits per heavy atom. The largest absolute Gasteiger partial charge is 0.411 e. The zero-order valence-corrected chi connectivity index (χ0v) is 15.5. The van der Waals surface area contributed by atoms with Crippen LogP contribution in [-0.4, -0.2) is 48.1 Å². The van der Waals surface area contributed by atoms with Crippen LogP contribution in [0.2, 0.25) is 0 Å². The standard InChI is InChI=1S/C15H17N7O4S/c1-3-11-10(8-26-19-11)14(23)20-27(2,24)13-6-17-22-5-4-21(7-12(13)22)15-18-16-9-25-15/h6,8-9H,3-5,7H2,1-2H3. The molecule has 3 aromatic rings. The highest BCUT2D eigenvalue weighted by Crippen LogP contribution is 2.25. The van der Waals surface area contributed by atoms with Gasteiger partial charge in [0.2, 0.25) is 6.39 Å². The highest BCUT2D eigenvalue weighted by atomic mass is 32.2. The second-order valence-corrected chi connectivity index (χ2v) is 8.28. The minimum atomic E-state index is -3.02. The summed E-state index contributed by atoms with van der Waals surface area (Å²) < 4.78 is 29.0. The third-order valence-corrected chi connectivity index (χ3v) is 6.00. The van der Waals surface area contributed by atoms with Gasteiger partial charge >= 0.3 is 6.01 Å². The highest BCUT2D eigenvalue weighted by Gasteiger charge is 2.27. The molecule has 3 aromatic heterocycles. The van der Waals surface area contributed by atoms with E-state index in [2.05, 4.69) is 24.8 Å². The average Bonchev–Trinajstić information content (AvgIpc) is 3.39. The monoisotopic (exact) mass is 391 g/mol. The number of carbonyl (C=O) groups is 1. The summed E-state index contributed by atoms with van der Waals surface area (Å²) in [4.78, 5) is 14.8. The molecule has 0 radical (unpaired) electrons. The van der Waals surface area contributed by atoms with Gasteiger partial charge in [-0.25, -0.2) is 4.21 Å². The maximum atomic E-state index is 13.3. The molecule has 0 spiro atoms. The van der Waals surface area contributed by atoms with Crippen LogP contribution in [0.25, 0.3) is 0 Å². The Morgan fingerprint density at radius 3 is 3.00 bits per heavy atom. The average molecular weight is 391 g/mol. The van der Waals surface area contributed by atoms with E-state index in [9.17, 15) is 9.00 Å². The van der Waals surface area contributed by atoms with Crippen LogP contribution >= 0.6 is 0 Å². The summed E-state index contributed by atoms with van der Waals surface area (Å²) in [5.41, 5.74) is 1.41. The molecule has 0 fully saturated rings. The SMILES string of the molecule is CCc1nocc1C(=O)N=S(C)(=O)c1cnn2c1CN(c1nnco1)CC2. The Kier molecular flexibility index (Phi) is 4.26. The molecule has 1 amide bonds. The maximum Gasteiger partial charge on any atom is 0.318 e. The lowest BCUT2D eigenvalue weighted by atomic mass is 10.2. The molecule has 11 nitrogen and oxygen atoms in total. The fourth-order valence-corrected chi connectivity index (χ4v) is 4.31. The fraction of sp³-hybridized carbons (Fsp3) is 0.400. The Hall–Kier alpha value is -3.02. The van der Waals surface area contributed by atoms with Crippen molar-refractivity contribution in [1.29, 1.82) is 0 Å². The van der Waals surface area contributed by atoms with E-state index in [1.54, 1.807) is 4.68 Å². The molecule has 0 bridgehead atoms. The first-order valence-corrected chi connectivity index (χ1v) is 10.2. The minimum Gasteiger partial charge on any atom is -0.411 e. The molecule has 0 N–H and O–H groups in total. The van der Waals surface area contributed by atoms with Crippen LogP contribution in [0.15, 0.2) is 37.1 Å². The van der Waals surface area contributed by atoms with Crippen LogP contribution in [0.4, 0.5) is 6.01 Å².